The van der Waals surface area contributed by atoms with Crippen LogP contribution in [0.1, 0.15) is 39.3 Å². The lowest BCUT2D eigenvalue weighted by Crippen LogP contribution is -2.42. The number of fused-ring (bicyclic) bond motifs is 2. The zero-order valence-electron chi connectivity index (χ0n) is 13.8. The molecule has 6 nitrogen and oxygen atoms in total. The Morgan fingerprint density at radius 2 is 1.96 bits per heavy atom. The highest BCUT2D eigenvalue weighted by Gasteiger charge is 2.39. The highest BCUT2D eigenvalue weighted by Crippen LogP contribution is 2.33. The summed E-state index contributed by atoms with van der Waals surface area (Å²) >= 11 is 1.39. The van der Waals surface area contributed by atoms with Crippen molar-refractivity contribution in [3.8, 4) is 0 Å². The van der Waals surface area contributed by atoms with E-state index in [0.29, 0.717) is 22.2 Å². The summed E-state index contributed by atoms with van der Waals surface area (Å²) in [6.45, 7) is 1.81. The van der Waals surface area contributed by atoms with E-state index in [-0.39, 0.29) is 17.9 Å². The molecule has 2 aliphatic heterocycles. The molecule has 0 saturated carbocycles. The second kappa shape index (κ2) is 6.93. The summed E-state index contributed by atoms with van der Waals surface area (Å²) in [5.74, 6) is -0.188. The number of anilines is 1. The van der Waals surface area contributed by atoms with E-state index in [1.807, 2.05) is 10.3 Å². The minimum absolute atomic E-state index is 0.0382. The molecule has 2 atom stereocenters. The number of aromatic nitrogens is 1. The lowest BCUT2D eigenvalue weighted by Gasteiger charge is -2.27. The lowest BCUT2D eigenvalue weighted by molar-refractivity contribution is 0.0686. The Hall–Kier alpha value is -2.25. The number of rotatable bonds is 3. The third kappa shape index (κ3) is 3.17. The molecule has 130 valence electrons. The SMILES string of the molecule is O=C(Nc1ccsc1C(=O)N1C2CCNCC1CC2)c1ccncc1. The van der Waals surface area contributed by atoms with Crippen LogP contribution in [0.3, 0.4) is 0 Å². The monoisotopic (exact) mass is 356 g/mol. The molecule has 4 heterocycles. The van der Waals surface area contributed by atoms with Gasteiger partial charge in [0, 0.05) is 36.6 Å². The molecule has 25 heavy (non-hydrogen) atoms. The average Bonchev–Trinajstić information content (AvgIpc) is 3.18. The van der Waals surface area contributed by atoms with Gasteiger partial charge >= 0.3 is 0 Å². The first-order valence-corrected chi connectivity index (χ1v) is 9.44. The van der Waals surface area contributed by atoms with Crippen LogP contribution in [-0.2, 0) is 0 Å². The number of amides is 2. The summed E-state index contributed by atoms with van der Waals surface area (Å²) in [5, 5.41) is 8.14. The van der Waals surface area contributed by atoms with E-state index in [0.717, 1.165) is 32.4 Å². The van der Waals surface area contributed by atoms with Crippen molar-refractivity contribution in [1.29, 1.82) is 0 Å². The van der Waals surface area contributed by atoms with Crippen molar-refractivity contribution in [1.82, 2.24) is 15.2 Å². The number of nitrogens with zero attached hydrogens (tertiary/aromatic N) is 2. The maximum Gasteiger partial charge on any atom is 0.266 e. The van der Waals surface area contributed by atoms with Gasteiger partial charge in [0.15, 0.2) is 0 Å². The molecule has 2 aromatic heterocycles. The molecule has 2 saturated heterocycles. The molecular formula is C18H20N4O2S. The van der Waals surface area contributed by atoms with Crippen LogP contribution in [0.15, 0.2) is 36.0 Å². The second-order valence-corrected chi connectivity index (χ2v) is 7.36. The lowest BCUT2D eigenvalue weighted by atomic mass is 10.1. The topological polar surface area (TPSA) is 74.3 Å². The van der Waals surface area contributed by atoms with Gasteiger partial charge < -0.3 is 15.5 Å². The molecule has 0 spiro atoms. The molecule has 2 bridgehead atoms. The highest BCUT2D eigenvalue weighted by molar-refractivity contribution is 7.12. The number of hydrogen-bond acceptors (Lipinski definition) is 5. The first kappa shape index (κ1) is 16.2. The van der Waals surface area contributed by atoms with Crippen LogP contribution < -0.4 is 10.6 Å². The van der Waals surface area contributed by atoms with Crippen molar-refractivity contribution in [3.63, 3.8) is 0 Å². The molecule has 0 aromatic carbocycles. The number of nitrogens with one attached hydrogen (secondary N) is 2. The van der Waals surface area contributed by atoms with Gasteiger partial charge in [0.05, 0.1) is 5.69 Å². The fourth-order valence-electron chi connectivity index (χ4n) is 3.70. The summed E-state index contributed by atoms with van der Waals surface area (Å²) in [6, 6.07) is 5.67. The average molecular weight is 356 g/mol. The zero-order chi connectivity index (χ0) is 17.2. The van der Waals surface area contributed by atoms with Crippen LogP contribution in [0.25, 0.3) is 0 Å². The molecule has 4 rings (SSSR count). The molecule has 2 unspecified atom stereocenters. The maximum absolute atomic E-state index is 13.2. The molecule has 2 aliphatic rings. The van der Waals surface area contributed by atoms with Crippen LogP contribution in [0.5, 0.6) is 0 Å². The van der Waals surface area contributed by atoms with Gasteiger partial charge in [-0.05, 0) is 49.4 Å². The Labute approximate surface area is 150 Å². The van der Waals surface area contributed by atoms with Gasteiger partial charge in [0.25, 0.3) is 11.8 Å². The molecule has 2 N–H and O–H groups in total. The molecule has 2 fully saturated rings. The molecule has 0 aliphatic carbocycles. The normalized spacial score (nSPS) is 22.5. The van der Waals surface area contributed by atoms with Crippen LogP contribution in [-0.4, -0.2) is 46.9 Å². The van der Waals surface area contributed by atoms with E-state index >= 15 is 0 Å². The Balaban J connectivity index is 1.55. The molecule has 0 radical (unpaired) electrons. The van der Waals surface area contributed by atoms with E-state index in [1.165, 1.54) is 11.3 Å². The standard InChI is InChI=1S/C18H20N4O2S/c23-17(12-3-7-19-8-4-12)21-15-6-10-25-16(15)18(24)22-13-1-2-14(22)11-20-9-5-13/h3-4,6-8,10,13-14,20H,1-2,5,9,11H2,(H,21,23). The molecular weight excluding hydrogens is 336 g/mol. The van der Waals surface area contributed by atoms with E-state index in [9.17, 15) is 9.59 Å². The summed E-state index contributed by atoms with van der Waals surface area (Å²) in [7, 11) is 0. The van der Waals surface area contributed by atoms with Gasteiger partial charge in [0.2, 0.25) is 0 Å². The molecule has 2 amide bonds. The highest BCUT2D eigenvalue weighted by atomic mass is 32.1. The van der Waals surface area contributed by atoms with E-state index in [1.54, 1.807) is 30.6 Å². The van der Waals surface area contributed by atoms with Crippen molar-refractivity contribution in [3.05, 3.63) is 46.4 Å². The third-order valence-corrected chi connectivity index (χ3v) is 5.84. The summed E-state index contributed by atoms with van der Waals surface area (Å²) < 4.78 is 0. The van der Waals surface area contributed by atoms with Gasteiger partial charge in [-0.3, -0.25) is 14.6 Å². The predicted octanol–water partition coefficient (Wildman–Crippen LogP) is 2.36. The van der Waals surface area contributed by atoms with E-state index in [2.05, 4.69) is 15.6 Å². The zero-order valence-corrected chi connectivity index (χ0v) is 14.6. The molecule has 2 aromatic rings. The summed E-state index contributed by atoms with van der Waals surface area (Å²) in [6.07, 6.45) is 6.27. The fourth-order valence-corrected chi connectivity index (χ4v) is 4.49. The van der Waals surface area contributed by atoms with Crippen molar-refractivity contribution in [2.75, 3.05) is 18.4 Å². The third-order valence-electron chi connectivity index (χ3n) is 4.94. The van der Waals surface area contributed by atoms with Crippen molar-refractivity contribution in [2.45, 2.75) is 31.3 Å². The van der Waals surface area contributed by atoms with Gasteiger partial charge in [-0.15, -0.1) is 11.3 Å². The largest absolute Gasteiger partial charge is 0.331 e. The number of carbonyl (C=O) groups excluding carboxylic acids is 2. The Morgan fingerprint density at radius 3 is 2.80 bits per heavy atom. The fraction of sp³-hybridized carbons (Fsp3) is 0.389. The van der Waals surface area contributed by atoms with Crippen LogP contribution in [0, 0.1) is 0 Å². The smallest absolute Gasteiger partial charge is 0.266 e. The number of carbonyl (C=O) groups is 2. The van der Waals surface area contributed by atoms with Crippen molar-refractivity contribution < 1.29 is 9.59 Å². The quantitative estimate of drug-likeness (QED) is 0.885. The minimum atomic E-state index is -0.227. The van der Waals surface area contributed by atoms with Crippen molar-refractivity contribution >= 4 is 28.8 Å². The Kier molecular flexibility index (Phi) is 4.50. The maximum atomic E-state index is 13.2. The number of thiophene rings is 1. The van der Waals surface area contributed by atoms with Crippen LogP contribution in [0.2, 0.25) is 0 Å². The van der Waals surface area contributed by atoms with Crippen molar-refractivity contribution in [2.24, 2.45) is 0 Å². The predicted molar refractivity (Wildman–Crippen MR) is 97.0 cm³/mol. The first-order chi connectivity index (χ1) is 12.2. The van der Waals surface area contributed by atoms with Gasteiger partial charge in [0.1, 0.15) is 4.88 Å². The number of pyridine rings is 1. The van der Waals surface area contributed by atoms with E-state index < -0.39 is 0 Å². The van der Waals surface area contributed by atoms with Gasteiger partial charge in [-0.2, -0.15) is 0 Å². The summed E-state index contributed by atoms with van der Waals surface area (Å²) in [5.41, 5.74) is 1.12. The minimum Gasteiger partial charge on any atom is -0.331 e. The molecule has 7 heteroatoms. The van der Waals surface area contributed by atoms with E-state index in [4.69, 9.17) is 0 Å². The Bertz CT molecular complexity index is 762. The number of hydrogen-bond donors (Lipinski definition) is 2. The second-order valence-electron chi connectivity index (χ2n) is 6.44. The van der Waals surface area contributed by atoms with Gasteiger partial charge in [-0.1, -0.05) is 0 Å². The van der Waals surface area contributed by atoms with Crippen LogP contribution >= 0.6 is 11.3 Å². The summed E-state index contributed by atoms with van der Waals surface area (Å²) in [4.78, 5) is 32.1. The van der Waals surface area contributed by atoms with Crippen LogP contribution in [0.4, 0.5) is 5.69 Å². The first-order valence-electron chi connectivity index (χ1n) is 8.56. The van der Waals surface area contributed by atoms with Gasteiger partial charge in [-0.25, -0.2) is 0 Å². The Morgan fingerprint density at radius 1 is 1.16 bits per heavy atom.